The molecule has 10 nitrogen and oxygen atoms in total. The molecule has 3 amide bonds. The molecule has 1 aromatic rings. The fourth-order valence-electron chi connectivity index (χ4n) is 5.81. The topological polar surface area (TPSA) is 106 Å². The van der Waals surface area contributed by atoms with Gasteiger partial charge in [-0.2, -0.15) is 0 Å². The molecule has 202 valence electrons. The summed E-state index contributed by atoms with van der Waals surface area (Å²) < 4.78 is 5.23. The molecular formula is C27H40N6O4. The molecule has 37 heavy (non-hydrogen) atoms. The van der Waals surface area contributed by atoms with Gasteiger partial charge < -0.3 is 25.2 Å². The standard InChI is InChI=1S/C27H40N6O4/c1-2-3-16-37-27(36)30-25-21-17-32(18-22(21)25)11-10-31-12-14-33(15-13-31)20-6-4-19(5-7-20)28-23-8-9-24(34)29-26(23)35/h4-7,21-23,25,28H,2-3,8-18H2,1H3,(H,30,36)(H,29,34,35)/t21-,22+,23?,25?. The molecule has 1 saturated carbocycles. The number of piperidine rings is 2. The number of imide groups is 1. The van der Waals surface area contributed by atoms with Crippen molar-refractivity contribution >= 4 is 29.3 Å². The lowest BCUT2D eigenvalue weighted by Crippen LogP contribution is -2.48. The predicted octanol–water partition coefficient (Wildman–Crippen LogP) is 1.48. The monoisotopic (exact) mass is 512 g/mol. The van der Waals surface area contributed by atoms with Crippen molar-refractivity contribution in [3.63, 3.8) is 0 Å². The first kappa shape index (κ1) is 25.8. The normalized spacial score (nSPS) is 28.0. The lowest BCUT2D eigenvalue weighted by atomic mass is 10.1. The molecule has 4 aliphatic rings. The van der Waals surface area contributed by atoms with Gasteiger partial charge in [0.25, 0.3) is 0 Å². The van der Waals surface area contributed by atoms with Gasteiger partial charge >= 0.3 is 6.09 Å². The highest BCUT2D eigenvalue weighted by Gasteiger charge is 2.56. The van der Waals surface area contributed by atoms with Crippen LogP contribution in [0, 0.1) is 11.8 Å². The fourth-order valence-corrected chi connectivity index (χ4v) is 5.81. The van der Waals surface area contributed by atoms with Crippen molar-refractivity contribution in [3.8, 4) is 0 Å². The summed E-state index contributed by atoms with van der Waals surface area (Å²) in [5.74, 6) is 0.727. The Bertz CT molecular complexity index is 952. The van der Waals surface area contributed by atoms with Gasteiger partial charge in [0, 0.05) is 76.2 Å². The summed E-state index contributed by atoms with van der Waals surface area (Å²) in [4.78, 5) is 42.7. The second kappa shape index (κ2) is 11.7. The maximum absolute atomic E-state index is 12.0. The van der Waals surface area contributed by atoms with Gasteiger partial charge in [0.15, 0.2) is 0 Å². The zero-order chi connectivity index (χ0) is 25.8. The molecule has 5 rings (SSSR count). The number of hydrogen-bond acceptors (Lipinski definition) is 8. The Morgan fingerprint density at radius 2 is 1.73 bits per heavy atom. The summed E-state index contributed by atoms with van der Waals surface area (Å²) in [6, 6.07) is 8.17. The van der Waals surface area contributed by atoms with E-state index in [0.29, 0.717) is 37.3 Å². The van der Waals surface area contributed by atoms with E-state index in [-0.39, 0.29) is 23.9 Å². The molecule has 4 atom stereocenters. The number of benzene rings is 1. The predicted molar refractivity (Wildman–Crippen MR) is 141 cm³/mol. The fraction of sp³-hybridized carbons (Fsp3) is 0.667. The van der Waals surface area contributed by atoms with E-state index in [4.69, 9.17) is 4.74 Å². The molecule has 3 aliphatic heterocycles. The van der Waals surface area contributed by atoms with E-state index < -0.39 is 0 Å². The third-order valence-electron chi connectivity index (χ3n) is 8.20. The second-order valence-corrected chi connectivity index (χ2v) is 10.8. The summed E-state index contributed by atoms with van der Waals surface area (Å²) in [5.41, 5.74) is 2.09. The van der Waals surface area contributed by atoms with Crippen LogP contribution in [0.2, 0.25) is 0 Å². The van der Waals surface area contributed by atoms with Crippen molar-refractivity contribution in [1.82, 2.24) is 20.4 Å². The van der Waals surface area contributed by atoms with Crippen molar-refractivity contribution in [2.24, 2.45) is 11.8 Å². The summed E-state index contributed by atoms with van der Waals surface area (Å²) in [5, 5.41) is 8.68. The molecule has 1 aromatic carbocycles. The van der Waals surface area contributed by atoms with E-state index in [1.165, 1.54) is 5.69 Å². The van der Waals surface area contributed by atoms with Crippen molar-refractivity contribution in [2.75, 3.05) is 69.2 Å². The third kappa shape index (κ3) is 6.54. The Morgan fingerprint density at radius 3 is 2.41 bits per heavy atom. The minimum Gasteiger partial charge on any atom is -0.450 e. The number of unbranched alkanes of at least 4 members (excludes halogenated alkanes) is 1. The number of amides is 3. The van der Waals surface area contributed by atoms with Crippen LogP contribution in [0.5, 0.6) is 0 Å². The molecule has 10 heteroatoms. The molecule has 0 radical (unpaired) electrons. The SMILES string of the molecule is CCCCOC(=O)NC1[C@H]2CN(CCN3CCN(c4ccc(NC5CCC(=O)NC5=O)cc4)CC3)C[C@@H]12. The summed E-state index contributed by atoms with van der Waals surface area (Å²) in [7, 11) is 0. The van der Waals surface area contributed by atoms with Crippen LogP contribution in [0.4, 0.5) is 16.2 Å². The van der Waals surface area contributed by atoms with Crippen molar-refractivity contribution in [1.29, 1.82) is 0 Å². The number of fused-ring (bicyclic) bond motifs is 1. The van der Waals surface area contributed by atoms with Gasteiger partial charge in [0.05, 0.1) is 6.61 Å². The summed E-state index contributed by atoms with van der Waals surface area (Å²) in [6.45, 7) is 11.0. The van der Waals surface area contributed by atoms with Gasteiger partial charge in [0.1, 0.15) is 6.04 Å². The van der Waals surface area contributed by atoms with Gasteiger partial charge in [-0.05, 0) is 48.9 Å². The number of carbonyl (C=O) groups is 3. The molecule has 0 aromatic heterocycles. The average Bonchev–Trinajstić information content (AvgIpc) is 3.32. The summed E-state index contributed by atoms with van der Waals surface area (Å²) in [6.07, 6.45) is 2.60. The molecule has 4 fully saturated rings. The van der Waals surface area contributed by atoms with Crippen molar-refractivity contribution in [3.05, 3.63) is 24.3 Å². The van der Waals surface area contributed by atoms with E-state index in [1.807, 2.05) is 12.1 Å². The maximum Gasteiger partial charge on any atom is 0.407 e. The Balaban J connectivity index is 0.970. The van der Waals surface area contributed by atoms with E-state index in [9.17, 15) is 14.4 Å². The highest BCUT2D eigenvalue weighted by molar-refractivity contribution is 6.01. The minimum atomic E-state index is -0.359. The van der Waals surface area contributed by atoms with Crippen LogP contribution in [0.25, 0.3) is 0 Å². The molecule has 0 bridgehead atoms. The van der Waals surface area contributed by atoms with E-state index >= 15 is 0 Å². The molecule has 3 saturated heterocycles. The van der Waals surface area contributed by atoms with Gasteiger partial charge in [-0.25, -0.2) is 4.79 Å². The van der Waals surface area contributed by atoms with E-state index in [2.05, 4.69) is 49.7 Å². The molecular weight excluding hydrogens is 472 g/mol. The number of alkyl carbamates (subject to hydrolysis) is 1. The van der Waals surface area contributed by atoms with Gasteiger partial charge in [-0.15, -0.1) is 0 Å². The number of nitrogens with zero attached hydrogens (tertiary/aromatic N) is 3. The Kier molecular flexibility index (Phi) is 8.14. The quantitative estimate of drug-likeness (QED) is 0.320. The first-order valence-electron chi connectivity index (χ1n) is 13.8. The zero-order valence-electron chi connectivity index (χ0n) is 21.8. The average molecular weight is 513 g/mol. The Morgan fingerprint density at radius 1 is 1.03 bits per heavy atom. The number of hydrogen-bond donors (Lipinski definition) is 3. The summed E-state index contributed by atoms with van der Waals surface area (Å²) >= 11 is 0. The molecule has 0 spiro atoms. The van der Waals surface area contributed by atoms with Crippen LogP contribution in [-0.4, -0.2) is 98.8 Å². The zero-order valence-corrected chi connectivity index (χ0v) is 21.8. The van der Waals surface area contributed by atoms with E-state index in [0.717, 1.165) is 70.9 Å². The second-order valence-electron chi connectivity index (χ2n) is 10.8. The third-order valence-corrected chi connectivity index (χ3v) is 8.20. The van der Waals surface area contributed by atoms with Crippen molar-refractivity contribution < 1.29 is 19.1 Å². The Hall–Kier alpha value is -2.85. The highest BCUT2D eigenvalue weighted by atomic mass is 16.5. The van der Waals surface area contributed by atoms with Crippen LogP contribution < -0.4 is 20.9 Å². The number of rotatable bonds is 10. The minimum absolute atomic E-state index is 0.197. The van der Waals surface area contributed by atoms with Gasteiger partial charge in [-0.1, -0.05) is 13.3 Å². The number of carbonyl (C=O) groups excluding carboxylic acids is 3. The number of piperazine rings is 1. The maximum atomic E-state index is 12.0. The van der Waals surface area contributed by atoms with Crippen LogP contribution >= 0.6 is 0 Å². The first-order valence-corrected chi connectivity index (χ1v) is 13.8. The lowest BCUT2D eigenvalue weighted by Gasteiger charge is -2.37. The number of likely N-dealkylation sites (tertiary alicyclic amines) is 1. The van der Waals surface area contributed by atoms with Crippen LogP contribution in [0.15, 0.2) is 24.3 Å². The van der Waals surface area contributed by atoms with Crippen LogP contribution in [0.3, 0.4) is 0 Å². The van der Waals surface area contributed by atoms with E-state index in [1.54, 1.807) is 0 Å². The largest absolute Gasteiger partial charge is 0.450 e. The Labute approximate surface area is 219 Å². The number of ether oxygens (including phenoxy) is 1. The van der Waals surface area contributed by atoms with Crippen LogP contribution in [0.1, 0.15) is 32.6 Å². The molecule has 2 unspecified atom stereocenters. The lowest BCUT2D eigenvalue weighted by molar-refractivity contribution is -0.133. The molecule has 3 N–H and O–H groups in total. The molecule has 3 heterocycles. The van der Waals surface area contributed by atoms with Gasteiger partial charge in [0.2, 0.25) is 11.8 Å². The highest BCUT2D eigenvalue weighted by Crippen LogP contribution is 2.45. The molecule has 1 aliphatic carbocycles. The van der Waals surface area contributed by atoms with Crippen LogP contribution in [-0.2, 0) is 14.3 Å². The van der Waals surface area contributed by atoms with Gasteiger partial charge in [-0.3, -0.25) is 19.8 Å². The first-order chi connectivity index (χ1) is 18.0. The van der Waals surface area contributed by atoms with Crippen molar-refractivity contribution in [2.45, 2.75) is 44.7 Å². The number of nitrogens with one attached hydrogen (secondary N) is 3. The smallest absolute Gasteiger partial charge is 0.407 e. The number of anilines is 2.